The van der Waals surface area contributed by atoms with Gasteiger partial charge in [0.2, 0.25) is 0 Å². The van der Waals surface area contributed by atoms with Crippen LogP contribution in [-0.2, 0) is 13.0 Å². The van der Waals surface area contributed by atoms with Gasteiger partial charge in [0.05, 0.1) is 17.4 Å². The lowest BCUT2D eigenvalue weighted by Crippen LogP contribution is -2.32. The van der Waals surface area contributed by atoms with Gasteiger partial charge in [-0.1, -0.05) is 0 Å². The third-order valence-corrected chi connectivity index (χ3v) is 4.98. The van der Waals surface area contributed by atoms with Gasteiger partial charge in [-0.15, -0.1) is 0 Å². The van der Waals surface area contributed by atoms with E-state index >= 15 is 0 Å². The lowest BCUT2D eigenvalue weighted by Gasteiger charge is -2.31. The quantitative estimate of drug-likeness (QED) is 0.852. The Morgan fingerprint density at radius 2 is 1.88 bits per heavy atom. The fourth-order valence-electron chi connectivity index (χ4n) is 3.70. The number of anilines is 2. The molecule has 0 amide bonds. The van der Waals surface area contributed by atoms with Crippen LogP contribution in [0.3, 0.4) is 0 Å². The van der Waals surface area contributed by atoms with E-state index < -0.39 is 0 Å². The second-order valence-corrected chi connectivity index (χ2v) is 6.64. The molecule has 5 nitrogen and oxygen atoms in total. The number of fused-ring (bicyclic) bond motifs is 1. The first-order valence-electron chi connectivity index (χ1n) is 8.59. The molecule has 0 atom stereocenters. The topological polar surface area (TPSA) is 56.1 Å². The predicted molar refractivity (Wildman–Crippen MR) is 94.1 cm³/mol. The number of nitriles is 1. The molecule has 0 spiro atoms. The van der Waals surface area contributed by atoms with Crippen LogP contribution in [0.25, 0.3) is 0 Å². The maximum Gasteiger partial charge on any atom is 0.131 e. The summed E-state index contributed by atoms with van der Waals surface area (Å²) in [5.41, 5.74) is 5.43. The van der Waals surface area contributed by atoms with Gasteiger partial charge in [0, 0.05) is 44.5 Å². The molecule has 1 saturated heterocycles. The van der Waals surface area contributed by atoms with E-state index in [1.807, 2.05) is 19.2 Å². The number of pyridine rings is 2. The lowest BCUT2D eigenvalue weighted by atomic mass is 10.0. The molecule has 2 aromatic rings. The van der Waals surface area contributed by atoms with Crippen molar-refractivity contribution in [3.05, 3.63) is 46.9 Å². The summed E-state index contributed by atoms with van der Waals surface area (Å²) >= 11 is 0. The van der Waals surface area contributed by atoms with Crippen molar-refractivity contribution < 1.29 is 0 Å². The average Bonchev–Trinajstić information content (AvgIpc) is 3.15. The van der Waals surface area contributed by atoms with Gasteiger partial charge in [-0.05, 0) is 43.0 Å². The molecule has 2 aromatic heterocycles. The molecule has 0 saturated carbocycles. The SMILES string of the molecule is Cc1cc(C#N)cnc1N1CCc2ncc(N3CCCC3)cc2C1. The van der Waals surface area contributed by atoms with Crippen molar-refractivity contribution in [3.8, 4) is 6.07 Å². The monoisotopic (exact) mass is 319 g/mol. The highest BCUT2D eigenvalue weighted by Crippen LogP contribution is 2.28. The van der Waals surface area contributed by atoms with Crippen LogP contribution >= 0.6 is 0 Å². The van der Waals surface area contributed by atoms with E-state index in [0.717, 1.165) is 44.0 Å². The van der Waals surface area contributed by atoms with Crippen LogP contribution in [-0.4, -0.2) is 29.6 Å². The predicted octanol–water partition coefficient (Wildman–Crippen LogP) is 2.82. The summed E-state index contributed by atoms with van der Waals surface area (Å²) in [5, 5.41) is 9.01. The first-order chi connectivity index (χ1) is 11.7. The first kappa shape index (κ1) is 14.9. The lowest BCUT2D eigenvalue weighted by molar-refractivity contribution is 0.699. The number of aryl methyl sites for hydroxylation is 1. The highest BCUT2D eigenvalue weighted by molar-refractivity contribution is 5.54. The fourth-order valence-corrected chi connectivity index (χ4v) is 3.70. The summed E-state index contributed by atoms with van der Waals surface area (Å²) in [6, 6.07) is 6.37. The van der Waals surface area contributed by atoms with Crippen LogP contribution < -0.4 is 9.80 Å². The summed E-state index contributed by atoms with van der Waals surface area (Å²) in [6.07, 6.45) is 7.19. The summed E-state index contributed by atoms with van der Waals surface area (Å²) in [6.45, 7) is 6.06. The Bertz CT molecular complexity index is 802. The molecular formula is C19H21N5. The summed E-state index contributed by atoms with van der Waals surface area (Å²) in [4.78, 5) is 14.0. The molecule has 4 rings (SSSR count). The summed E-state index contributed by atoms with van der Waals surface area (Å²) < 4.78 is 0. The van der Waals surface area contributed by atoms with Crippen molar-refractivity contribution in [2.45, 2.75) is 32.7 Å². The zero-order valence-electron chi connectivity index (χ0n) is 14.0. The van der Waals surface area contributed by atoms with E-state index in [-0.39, 0.29) is 0 Å². The van der Waals surface area contributed by atoms with E-state index in [4.69, 9.17) is 10.2 Å². The highest BCUT2D eigenvalue weighted by atomic mass is 15.2. The molecule has 1 fully saturated rings. The van der Waals surface area contributed by atoms with Gasteiger partial charge in [0.25, 0.3) is 0 Å². The standard InChI is InChI=1S/C19H21N5/c1-14-8-15(10-20)11-22-19(14)24-7-4-18-16(13-24)9-17(12-21-18)23-5-2-3-6-23/h8-9,11-12H,2-7,13H2,1H3. The second-order valence-electron chi connectivity index (χ2n) is 6.64. The van der Waals surface area contributed by atoms with E-state index in [9.17, 15) is 0 Å². The van der Waals surface area contributed by atoms with Crippen LogP contribution in [0.1, 0.15) is 35.2 Å². The van der Waals surface area contributed by atoms with E-state index in [1.54, 1.807) is 6.20 Å². The Morgan fingerprint density at radius 3 is 2.62 bits per heavy atom. The molecule has 0 bridgehead atoms. The minimum atomic E-state index is 0.617. The molecule has 24 heavy (non-hydrogen) atoms. The maximum atomic E-state index is 9.01. The van der Waals surface area contributed by atoms with Gasteiger partial charge in [0.15, 0.2) is 0 Å². The van der Waals surface area contributed by atoms with E-state index in [0.29, 0.717) is 5.56 Å². The second kappa shape index (κ2) is 6.12. The molecule has 122 valence electrons. The first-order valence-corrected chi connectivity index (χ1v) is 8.59. The van der Waals surface area contributed by atoms with Crippen molar-refractivity contribution in [2.75, 3.05) is 29.4 Å². The Morgan fingerprint density at radius 1 is 1.04 bits per heavy atom. The molecule has 0 radical (unpaired) electrons. The number of nitrogens with zero attached hydrogens (tertiary/aromatic N) is 5. The van der Waals surface area contributed by atoms with Crippen LogP contribution in [0.4, 0.5) is 11.5 Å². The molecule has 0 aromatic carbocycles. The van der Waals surface area contributed by atoms with Crippen molar-refractivity contribution in [1.29, 1.82) is 5.26 Å². The third kappa shape index (κ3) is 2.69. The largest absolute Gasteiger partial charge is 0.370 e. The Hall–Kier alpha value is -2.61. The summed E-state index contributed by atoms with van der Waals surface area (Å²) in [7, 11) is 0. The van der Waals surface area contributed by atoms with Gasteiger partial charge in [-0.25, -0.2) is 4.98 Å². The molecule has 0 N–H and O–H groups in total. The van der Waals surface area contributed by atoms with Crippen LogP contribution in [0.2, 0.25) is 0 Å². The van der Waals surface area contributed by atoms with Gasteiger partial charge in [0.1, 0.15) is 11.9 Å². The van der Waals surface area contributed by atoms with Gasteiger partial charge < -0.3 is 9.80 Å². The number of hydrogen-bond acceptors (Lipinski definition) is 5. The maximum absolute atomic E-state index is 9.01. The zero-order valence-corrected chi connectivity index (χ0v) is 14.0. The molecule has 0 unspecified atom stereocenters. The molecule has 5 heteroatoms. The normalized spacial score (nSPS) is 16.8. The number of hydrogen-bond donors (Lipinski definition) is 0. The number of aromatic nitrogens is 2. The molecule has 0 aliphatic carbocycles. The zero-order chi connectivity index (χ0) is 16.5. The van der Waals surface area contributed by atoms with E-state index in [2.05, 4.69) is 26.9 Å². The summed E-state index contributed by atoms with van der Waals surface area (Å²) in [5.74, 6) is 0.978. The molecule has 2 aliphatic rings. The average molecular weight is 319 g/mol. The smallest absolute Gasteiger partial charge is 0.131 e. The van der Waals surface area contributed by atoms with Crippen LogP contribution in [0.15, 0.2) is 24.5 Å². The third-order valence-electron chi connectivity index (χ3n) is 4.98. The number of rotatable bonds is 2. The van der Waals surface area contributed by atoms with Crippen molar-refractivity contribution >= 4 is 11.5 Å². The Kier molecular flexibility index (Phi) is 3.81. The van der Waals surface area contributed by atoms with Crippen molar-refractivity contribution in [2.24, 2.45) is 0 Å². The Balaban J connectivity index is 1.60. The van der Waals surface area contributed by atoms with Gasteiger partial charge in [-0.2, -0.15) is 5.26 Å². The molecule has 4 heterocycles. The van der Waals surface area contributed by atoms with Gasteiger partial charge in [-0.3, -0.25) is 4.98 Å². The Labute approximate surface area is 142 Å². The van der Waals surface area contributed by atoms with Crippen molar-refractivity contribution in [1.82, 2.24) is 9.97 Å². The highest BCUT2D eigenvalue weighted by Gasteiger charge is 2.22. The van der Waals surface area contributed by atoms with Crippen LogP contribution in [0, 0.1) is 18.3 Å². The van der Waals surface area contributed by atoms with Crippen molar-refractivity contribution in [3.63, 3.8) is 0 Å². The van der Waals surface area contributed by atoms with Crippen LogP contribution in [0.5, 0.6) is 0 Å². The van der Waals surface area contributed by atoms with E-state index in [1.165, 1.54) is 29.8 Å². The minimum absolute atomic E-state index is 0.617. The fraction of sp³-hybridized carbons (Fsp3) is 0.421. The van der Waals surface area contributed by atoms with Gasteiger partial charge >= 0.3 is 0 Å². The minimum Gasteiger partial charge on any atom is -0.370 e. The molecular weight excluding hydrogens is 298 g/mol. The molecule has 2 aliphatic heterocycles.